The first-order valence-electron chi connectivity index (χ1n) is 6.27. The predicted octanol–water partition coefficient (Wildman–Crippen LogP) is 2.84. The molecule has 112 valence electrons. The zero-order valence-corrected chi connectivity index (χ0v) is 12.0. The molecule has 1 aromatic rings. The molecule has 0 radical (unpaired) electrons. The Kier molecular flexibility index (Phi) is 4.42. The molecule has 0 saturated heterocycles. The molecule has 1 fully saturated rings. The zero-order chi connectivity index (χ0) is 15.6. The minimum atomic E-state index is -0.833. The van der Waals surface area contributed by atoms with E-state index in [1.54, 1.807) is 6.92 Å². The maximum Gasteiger partial charge on any atom is 0.418 e. The summed E-state index contributed by atoms with van der Waals surface area (Å²) in [5.74, 6) is -0.615. The van der Waals surface area contributed by atoms with E-state index in [0.29, 0.717) is 18.4 Å². The lowest BCUT2D eigenvalue weighted by Gasteiger charge is -2.19. The van der Waals surface area contributed by atoms with E-state index < -0.39 is 16.9 Å². The fourth-order valence-corrected chi connectivity index (χ4v) is 2.02. The van der Waals surface area contributed by atoms with Gasteiger partial charge in [-0.1, -0.05) is 17.7 Å². The van der Waals surface area contributed by atoms with Crippen LogP contribution in [0, 0.1) is 17.0 Å². The first-order chi connectivity index (χ1) is 9.95. The van der Waals surface area contributed by atoms with Gasteiger partial charge >= 0.3 is 6.09 Å². The minimum Gasteiger partial charge on any atom is -0.433 e. The fourth-order valence-electron chi connectivity index (χ4n) is 1.92. The number of benzene rings is 1. The van der Waals surface area contributed by atoms with E-state index in [0.717, 1.165) is 4.90 Å². The van der Waals surface area contributed by atoms with Crippen LogP contribution in [-0.2, 0) is 4.74 Å². The molecule has 0 N–H and O–H groups in total. The number of rotatable bonds is 4. The van der Waals surface area contributed by atoms with E-state index in [-0.39, 0.29) is 23.4 Å². The van der Waals surface area contributed by atoms with Crippen molar-refractivity contribution in [1.29, 1.82) is 0 Å². The summed E-state index contributed by atoms with van der Waals surface area (Å²) in [4.78, 5) is 35.5. The van der Waals surface area contributed by atoms with Crippen molar-refractivity contribution in [3.05, 3.63) is 39.4 Å². The number of amides is 2. The molecule has 21 heavy (non-hydrogen) atoms. The van der Waals surface area contributed by atoms with Gasteiger partial charge < -0.3 is 4.74 Å². The van der Waals surface area contributed by atoms with Gasteiger partial charge in [-0.15, -0.1) is 0 Å². The lowest BCUT2D eigenvalue weighted by Crippen LogP contribution is -2.39. The fraction of sp³-hybridized carbons (Fsp3) is 0.385. The van der Waals surface area contributed by atoms with E-state index in [1.165, 1.54) is 18.2 Å². The first kappa shape index (κ1) is 15.2. The summed E-state index contributed by atoms with van der Waals surface area (Å²) in [7, 11) is 0. The number of ether oxygens (including phenoxy) is 1. The van der Waals surface area contributed by atoms with Gasteiger partial charge in [-0.2, -0.15) is 0 Å². The standard InChI is InChI=1S/C13H13ClN2O5/c1-8-2-3-9(6-11(8)16(19)20)12(17)15(10-4-5-10)13(18)21-7-14/h2-3,6,10H,4-5,7H2,1H3. The molecule has 0 unspecified atom stereocenters. The van der Waals surface area contributed by atoms with Crippen molar-refractivity contribution >= 4 is 29.3 Å². The Hall–Kier alpha value is -2.15. The molecule has 1 aromatic carbocycles. The molecule has 2 rings (SSSR count). The Morgan fingerprint density at radius 3 is 2.67 bits per heavy atom. The molecule has 0 heterocycles. The number of nitrogens with zero attached hydrogens (tertiary/aromatic N) is 2. The number of hydrogen-bond acceptors (Lipinski definition) is 5. The number of nitro benzene ring substituents is 1. The molecule has 7 nitrogen and oxygen atoms in total. The van der Waals surface area contributed by atoms with E-state index in [1.807, 2.05) is 0 Å². The number of nitro groups is 1. The Morgan fingerprint density at radius 1 is 1.48 bits per heavy atom. The van der Waals surface area contributed by atoms with Crippen LogP contribution in [0.1, 0.15) is 28.8 Å². The largest absolute Gasteiger partial charge is 0.433 e. The smallest absolute Gasteiger partial charge is 0.418 e. The van der Waals surface area contributed by atoms with Crippen LogP contribution in [0.3, 0.4) is 0 Å². The SMILES string of the molecule is Cc1ccc(C(=O)N(C(=O)OCCl)C2CC2)cc1[N+](=O)[O-]. The Balaban J connectivity index is 2.31. The van der Waals surface area contributed by atoms with Crippen LogP contribution in [0.4, 0.5) is 10.5 Å². The van der Waals surface area contributed by atoms with Crippen LogP contribution < -0.4 is 0 Å². The third-order valence-corrected chi connectivity index (χ3v) is 3.27. The minimum absolute atomic E-state index is 0.0747. The van der Waals surface area contributed by atoms with Gasteiger partial charge in [0.25, 0.3) is 11.6 Å². The molecule has 0 aliphatic heterocycles. The third kappa shape index (κ3) is 3.30. The topological polar surface area (TPSA) is 89.8 Å². The number of alkyl halides is 1. The molecule has 0 bridgehead atoms. The molecule has 8 heteroatoms. The highest BCUT2D eigenvalue weighted by molar-refractivity contribution is 6.17. The second kappa shape index (κ2) is 6.09. The van der Waals surface area contributed by atoms with Crippen molar-refractivity contribution in [1.82, 2.24) is 4.90 Å². The van der Waals surface area contributed by atoms with Crippen LogP contribution >= 0.6 is 11.6 Å². The summed E-state index contributed by atoms with van der Waals surface area (Å²) in [6.07, 6.45) is 0.550. The van der Waals surface area contributed by atoms with Gasteiger partial charge in [-0.05, 0) is 25.8 Å². The number of carbonyl (C=O) groups is 2. The highest BCUT2D eigenvalue weighted by Crippen LogP contribution is 2.30. The number of carbonyl (C=O) groups excluding carboxylic acids is 2. The van der Waals surface area contributed by atoms with Gasteiger partial charge in [0.15, 0.2) is 6.07 Å². The van der Waals surface area contributed by atoms with E-state index in [4.69, 9.17) is 11.6 Å². The lowest BCUT2D eigenvalue weighted by molar-refractivity contribution is -0.385. The second-order valence-electron chi connectivity index (χ2n) is 4.68. The third-order valence-electron chi connectivity index (χ3n) is 3.16. The van der Waals surface area contributed by atoms with E-state index in [2.05, 4.69) is 4.74 Å². The van der Waals surface area contributed by atoms with Gasteiger partial charge in [-0.25, -0.2) is 9.69 Å². The predicted molar refractivity (Wildman–Crippen MR) is 74.2 cm³/mol. The van der Waals surface area contributed by atoms with Crippen LogP contribution in [-0.4, -0.2) is 33.9 Å². The second-order valence-corrected chi connectivity index (χ2v) is 4.90. The molecule has 1 aliphatic rings. The average molecular weight is 313 g/mol. The molecular weight excluding hydrogens is 300 g/mol. The van der Waals surface area contributed by atoms with Crippen LogP contribution in [0.5, 0.6) is 0 Å². The van der Waals surface area contributed by atoms with Gasteiger partial charge in [-0.3, -0.25) is 14.9 Å². The van der Waals surface area contributed by atoms with Crippen molar-refractivity contribution < 1.29 is 19.2 Å². The summed E-state index contributed by atoms with van der Waals surface area (Å²) in [5, 5.41) is 10.9. The van der Waals surface area contributed by atoms with Gasteiger partial charge in [0.2, 0.25) is 0 Å². The molecule has 1 saturated carbocycles. The maximum absolute atomic E-state index is 12.4. The number of halogens is 1. The number of hydrogen-bond donors (Lipinski definition) is 0. The van der Waals surface area contributed by atoms with Crippen molar-refractivity contribution in [2.24, 2.45) is 0 Å². The quantitative estimate of drug-likeness (QED) is 0.484. The highest BCUT2D eigenvalue weighted by atomic mass is 35.5. The Bertz CT molecular complexity index is 600. The molecule has 0 atom stereocenters. The van der Waals surface area contributed by atoms with Crippen molar-refractivity contribution in [2.75, 3.05) is 6.07 Å². The van der Waals surface area contributed by atoms with Crippen molar-refractivity contribution in [3.8, 4) is 0 Å². The van der Waals surface area contributed by atoms with Crippen molar-refractivity contribution in [3.63, 3.8) is 0 Å². The number of aryl methyl sites for hydroxylation is 1. The summed E-state index contributed by atoms with van der Waals surface area (Å²) in [6, 6.07) is 3.51. The van der Waals surface area contributed by atoms with E-state index in [9.17, 15) is 19.7 Å². The molecule has 0 aromatic heterocycles. The van der Waals surface area contributed by atoms with Gasteiger partial charge in [0, 0.05) is 23.2 Å². The van der Waals surface area contributed by atoms with Gasteiger partial charge in [0.1, 0.15) is 0 Å². The average Bonchev–Trinajstić information content (AvgIpc) is 3.24. The molecule has 0 spiro atoms. The van der Waals surface area contributed by atoms with Crippen molar-refractivity contribution in [2.45, 2.75) is 25.8 Å². The lowest BCUT2D eigenvalue weighted by atomic mass is 10.1. The Morgan fingerprint density at radius 2 is 2.14 bits per heavy atom. The zero-order valence-electron chi connectivity index (χ0n) is 11.2. The summed E-state index contributed by atoms with van der Waals surface area (Å²) in [6.45, 7) is 1.58. The Labute approximate surface area is 125 Å². The van der Waals surface area contributed by atoms with Crippen LogP contribution in [0.2, 0.25) is 0 Å². The van der Waals surface area contributed by atoms with Crippen LogP contribution in [0.25, 0.3) is 0 Å². The first-order valence-corrected chi connectivity index (χ1v) is 6.80. The molecular formula is C13H13ClN2O5. The number of imide groups is 1. The summed E-state index contributed by atoms with van der Waals surface area (Å²) < 4.78 is 4.65. The highest BCUT2D eigenvalue weighted by Gasteiger charge is 2.39. The summed E-state index contributed by atoms with van der Waals surface area (Å²) in [5.41, 5.74) is 0.353. The molecule has 1 aliphatic carbocycles. The normalized spacial score (nSPS) is 13.6. The molecule has 2 amide bonds. The maximum atomic E-state index is 12.4. The summed E-state index contributed by atoms with van der Waals surface area (Å²) >= 11 is 5.33. The van der Waals surface area contributed by atoms with E-state index >= 15 is 0 Å². The van der Waals surface area contributed by atoms with Crippen LogP contribution in [0.15, 0.2) is 18.2 Å². The van der Waals surface area contributed by atoms with Gasteiger partial charge in [0.05, 0.1) is 4.92 Å². The monoisotopic (exact) mass is 312 g/mol.